The number of hydrogen-bond donors (Lipinski definition) is 4. The predicted octanol–water partition coefficient (Wildman–Crippen LogP) is -2.06. The Kier molecular flexibility index (Phi) is 2.87. The lowest BCUT2D eigenvalue weighted by Gasteiger charge is -2.37. The van der Waals surface area contributed by atoms with Gasteiger partial charge < -0.3 is 25.2 Å². The van der Waals surface area contributed by atoms with Gasteiger partial charge in [0, 0.05) is 0 Å². The molecule has 1 aliphatic rings. The maximum atomic E-state index is 10.5. The van der Waals surface area contributed by atoms with Gasteiger partial charge in [0.05, 0.1) is 6.10 Å². The largest absolute Gasteiger partial charge is 0.479 e. The van der Waals surface area contributed by atoms with E-state index in [2.05, 4.69) is 0 Å². The topological polar surface area (TPSA) is 107 Å². The summed E-state index contributed by atoms with van der Waals surface area (Å²) in [5.41, 5.74) is 0. The van der Waals surface area contributed by atoms with Crippen molar-refractivity contribution in [1.29, 1.82) is 0 Å². The molecule has 0 saturated carbocycles. The number of carboxylic acid groups (broad SMARTS) is 1. The van der Waals surface area contributed by atoms with Gasteiger partial charge in [0.2, 0.25) is 0 Å². The average molecular weight is 192 g/mol. The summed E-state index contributed by atoms with van der Waals surface area (Å²) >= 11 is 0. The molecular weight excluding hydrogens is 180 g/mol. The van der Waals surface area contributed by atoms with Gasteiger partial charge in [-0.25, -0.2) is 4.79 Å². The van der Waals surface area contributed by atoms with Crippen LogP contribution in [0.5, 0.6) is 0 Å². The molecule has 1 aliphatic heterocycles. The van der Waals surface area contributed by atoms with Gasteiger partial charge in [-0.2, -0.15) is 0 Å². The lowest BCUT2D eigenvalue weighted by molar-refractivity contribution is -0.223. The van der Waals surface area contributed by atoms with E-state index in [4.69, 9.17) is 9.84 Å². The van der Waals surface area contributed by atoms with Crippen LogP contribution in [0.15, 0.2) is 0 Å². The van der Waals surface area contributed by atoms with Gasteiger partial charge in [0.1, 0.15) is 18.3 Å². The Morgan fingerprint density at radius 2 is 1.69 bits per heavy atom. The van der Waals surface area contributed by atoms with Crippen LogP contribution in [0.3, 0.4) is 0 Å². The van der Waals surface area contributed by atoms with Gasteiger partial charge in [-0.1, -0.05) is 0 Å². The summed E-state index contributed by atoms with van der Waals surface area (Å²) in [5, 5.41) is 36.1. The van der Waals surface area contributed by atoms with Crippen molar-refractivity contribution >= 4 is 5.97 Å². The minimum Gasteiger partial charge on any atom is -0.479 e. The van der Waals surface area contributed by atoms with Crippen molar-refractivity contribution < 1.29 is 30.0 Å². The zero-order valence-corrected chi connectivity index (χ0v) is 6.99. The van der Waals surface area contributed by atoms with E-state index in [9.17, 15) is 20.1 Å². The van der Waals surface area contributed by atoms with Gasteiger partial charge in [-0.3, -0.25) is 0 Å². The molecule has 3 unspecified atom stereocenters. The molecule has 0 aromatic heterocycles. The van der Waals surface area contributed by atoms with Gasteiger partial charge in [0.15, 0.2) is 6.10 Å². The number of aliphatic carboxylic acids is 1. The molecule has 0 bridgehead atoms. The lowest BCUT2D eigenvalue weighted by atomic mass is 9.96. The number of hydrogen-bond acceptors (Lipinski definition) is 5. The fourth-order valence-corrected chi connectivity index (χ4v) is 1.26. The van der Waals surface area contributed by atoms with Gasteiger partial charge in [-0.15, -0.1) is 0 Å². The molecular formula is C7H12O6. The summed E-state index contributed by atoms with van der Waals surface area (Å²) in [6, 6.07) is 0. The molecule has 1 rings (SSSR count). The molecule has 4 N–H and O–H groups in total. The molecule has 0 aromatic rings. The smallest absolute Gasteiger partial charge is 0.335 e. The molecule has 1 saturated heterocycles. The second-order valence-electron chi connectivity index (χ2n) is 3.07. The van der Waals surface area contributed by atoms with Gasteiger partial charge in [0.25, 0.3) is 0 Å². The molecule has 0 aromatic carbocycles. The SMILES string of the molecule is CC1O[C@H](C(=O)O)C(O)[C@H](O)C1O. The quantitative estimate of drug-likeness (QED) is 0.380. The van der Waals surface area contributed by atoms with Crippen LogP contribution in [-0.4, -0.2) is 56.9 Å². The molecule has 1 fully saturated rings. The zero-order valence-electron chi connectivity index (χ0n) is 6.99. The van der Waals surface area contributed by atoms with Crippen LogP contribution in [0.2, 0.25) is 0 Å². The minimum atomic E-state index is -1.59. The lowest BCUT2D eigenvalue weighted by Crippen LogP contribution is -2.58. The molecule has 6 nitrogen and oxygen atoms in total. The Hall–Kier alpha value is -0.690. The van der Waals surface area contributed by atoms with Crippen LogP contribution in [0.25, 0.3) is 0 Å². The summed E-state index contributed by atoms with van der Waals surface area (Å²) in [6.45, 7) is 1.43. The standard InChI is InChI=1S/C7H12O6/c1-2-3(8)4(9)5(10)6(13-2)7(11)12/h2-6,8-10H,1H3,(H,11,12)/t2?,3?,4-,5?,6+/m1/s1. The highest BCUT2D eigenvalue weighted by atomic mass is 16.6. The average Bonchev–Trinajstić information content (AvgIpc) is 2.07. The van der Waals surface area contributed by atoms with Crippen LogP contribution in [0.4, 0.5) is 0 Å². The number of ether oxygens (including phenoxy) is 1. The van der Waals surface area contributed by atoms with Crippen molar-refractivity contribution in [2.75, 3.05) is 0 Å². The zero-order chi connectivity index (χ0) is 10.2. The van der Waals surface area contributed by atoms with E-state index < -0.39 is 36.5 Å². The molecule has 76 valence electrons. The van der Waals surface area contributed by atoms with Crippen molar-refractivity contribution in [3.8, 4) is 0 Å². The van der Waals surface area contributed by atoms with E-state index >= 15 is 0 Å². The summed E-state index contributed by atoms with van der Waals surface area (Å²) < 4.78 is 4.78. The second-order valence-corrected chi connectivity index (χ2v) is 3.07. The number of aliphatic hydroxyl groups is 3. The number of carboxylic acids is 1. The highest BCUT2D eigenvalue weighted by Gasteiger charge is 2.44. The summed E-state index contributed by atoms with van der Waals surface area (Å²) in [5.74, 6) is -1.36. The van der Waals surface area contributed by atoms with E-state index in [0.717, 1.165) is 0 Å². The molecule has 5 atom stereocenters. The van der Waals surface area contributed by atoms with Gasteiger partial charge in [-0.05, 0) is 6.92 Å². The van der Waals surface area contributed by atoms with E-state index in [1.165, 1.54) is 6.92 Å². The van der Waals surface area contributed by atoms with Crippen molar-refractivity contribution in [2.24, 2.45) is 0 Å². The first-order valence-electron chi connectivity index (χ1n) is 3.87. The van der Waals surface area contributed by atoms with Gasteiger partial charge >= 0.3 is 5.97 Å². The first-order valence-corrected chi connectivity index (χ1v) is 3.87. The highest BCUT2D eigenvalue weighted by molar-refractivity contribution is 5.73. The van der Waals surface area contributed by atoms with Crippen LogP contribution in [0.1, 0.15) is 6.92 Å². The van der Waals surface area contributed by atoms with E-state index in [1.54, 1.807) is 0 Å². The number of aliphatic hydroxyl groups excluding tert-OH is 3. The van der Waals surface area contributed by atoms with E-state index in [-0.39, 0.29) is 0 Å². The first kappa shape index (κ1) is 10.4. The molecule has 6 heteroatoms. The Morgan fingerprint density at radius 1 is 1.15 bits per heavy atom. The van der Waals surface area contributed by atoms with Crippen LogP contribution < -0.4 is 0 Å². The summed E-state index contributed by atoms with van der Waals surface area (Å²) in [7, 11) is 0. The van der Waals surface area contributed by atoms with Crippen molar-refractivity contribution in [3.63, 3.8) is 0 Å². The summed E-state index contributed by atoms with van der Waals surface area (Å²) in [4.78, 5) is 10.5. The number of carbonyl (C=O) groups is 1. The Morgan fingerprint density at radius 3 is 2.15 bits per heavy atom. The Bertz CT molecular complexity index is 205. The van der Waals surface area contributed by atoms with Crippen molar-refractivity contribution in [1.82, 2.24) is 0 Å². The third kappa shape index (κ3) is 1.80. The first-order chi connectivity index (χ1) is 5.95. The van der Waals surface area contributed by atoms with Crippen LogP contribution in [-0.2, 0) is 9.53 Å². The van der Waals surface area contributed by atoms with E-state index in [0.29, 0.717) is 0 Å². The summed E-state index contributed by atoms with van der Waals surface area (Å²) in [6.07, 6.45) is -6.62. The molecule has 13 heavy (non-hydrogen) atoms. The maximum absolute atomic E-state index is 10.5. The fourth-order valence-electron chi connectivity index (χ4n) is 1.26. The predicted molar refractivity (Wildman–Crippen MR) is 40.0 cm³/mol. The maximum Gasteiger partial charge on any atom is 0.335 e. The van der Waals surface area contributed by atoms with Crippen LogP contribution in [0, 0.1) is 0 Å². The minimum absolute atomic E-state index is 0.806. The Labute approximate surface area is 74.4 Å². The van der Waals surface area contributed by atoms with Crippen molar-refractivity contribution in [2.45, 2.75) is 37.4 Å². The van der Waals surface area contributed by atoms with E-state index in [1.807, 2.05) is 0 Å². The normalized spacial score (nSPS) is 46.0. The highest BCUT2D eigenvalue weighted by Crippen LogP contribution is 2.20. The third-order valence-corrected chi connectivity index (χ3v) is 2.10. The number of rotatable bonds is 1. The fraction of sp³-hybridized carbons (Fsp3) is 0.857. The van der Waals surface area contributed by atoms with Crippen molar-refractivity contribution in [3.05, 3.63) is 0 Å². The second kappa shape index (κ2) is 3.59. The molecule has 0 radical (unpaired) electrons. The molecule has 1 heterocycles. The third-order valence-electron chi connectivity index (χ3n) is 2.10. The molecule has 0 aliphatic carbocycles. The monoisotopic (exact) mass is 192 g/mol. The van der Waals surface area contributed by atoms with Crippen LogP contribution >= 0.6 is 0 Å². The molecule has 0 spiro atoms. The Balaban J connectivity index is 2.76. The molecule has 0 amide bonds.